The normalized spacial score (nSPS) is 18.6. The molecule has 0 bridgehead atoms. The molecule has 196 valence electrons. The lowest BCUT2D eigenvalue weighted by molar-refractivity contribution is -0.139. The van der Waals surface area contributed by atoms with Gasteiger partial charge >= 0.3 is 12.0 Å². The first-order valence-electron chi connectivity index (χ1n) is 11.9. The molecule has 2 heterocycles. The van der Waals surface area contributed by atoms with Gasteiger partial charge in [0.15, 0.2) is 0 Å². The summed E-state index contributed by atoms with van der Waals surface area (Å²) in [6.45, 7) is 3.80. The fourth-order valence-corrected chi connectivity index (χ4v) is 4.92. The van der Waals surface area contributed by atoms with Gasteiger partial charge in [-0.1, -0.05) is 47.5 Å². The molecule has 2 aliphatic rings. The van der Waals surface area contributed by atoms with Crippen molar-refractivity contribution in [2.75, 3.05) is 46.4 Å². The minimum atomic E-state index is -0.854. The SMILES string of the molecule is CCOC(=O)C1=C(CN2CCN(C(=O)c3ccccc3F)CC2)N(C)C(=O)N[C@H]1c1cccc(Cl)c1Cl. The van der Waals surface area contributed by atoms with Gasteiger partial charge in [0.05, 0.1) is 33.8 Å². The van der Waals surface area contributed by atoms with Crippen molar-refractivity contribution < 1.29 is 23.5 Å². The van der Waals surface area contributed by atoms with Gasteiger partial charge in [0.2, 0.25) is 0 Å². The standard InChI is InChI=1S/C26H27Cl2FN4O4/c1-3-37-25(35)21-20(31(2)26(36)30-23(21)17-8-6-9-18(27)22(17)28)15-32-11-13-33(14-12-32)24(34)16-7-4-5-10-19(16)29/h4-10,23H,3,11-15H2,1-2H3,(H,30,36)/t23-/m0/s1. The second-order valence-corrected chi connectivity index (χ2v) is 9.50. The van der Waals surface area contributed by atoms with Crippen molar-refractivity contribution in [1.29, 1.82) is 0 Å². The Morgan fingerprint density at radius 2 is 1.78 bits per heavy atom. The third-order valence-electron chi connectivity index (χ3n) is 6.50. The Bertz CT molecular complexity index is 1250. The van der Waals surface area contributed by atoms with Crippen molar-refractivity contribution in [3.63, 3.8) is 0 Å². The summed E-state index contributed by atoms with van der Waals surface area (Å²) in [6.07, 6.45) is 0. The van der Waals surface area contributed by atoms with Gasteiger partial charge in [-0.25, -0.2) is 14.0 Å². The summed E-state index contributed by atoms with van der Waals surface area (Å²) in [7, 11) is 1.58. The highest BCUT2D eigenvalue weighted by molar-refractivity contribution is 6.42. The van der Waals surface area contributed by atoms with Gasteiger partial charge in [-0.05, 0) is 30.7 Å². The average molecular weight is 549 g/mol. The molecule has 0 aliphatic carbocycles. The van der Waals surface area contributed by atoms with Gasteiger partial charge in [0.25, 0.3) is 5.91 Å². The third-order valence-corrected chi connectivity index (χ3v) is 7.34. The summed E-state index contributed by atoms with van der Waals surface area (Å²) in [4.78, 5) is 43.9. The number of esters is 1. The number of nitrogens with zero attached hydrogens (tertiary/aromatic N) is 3. The molecule has 0 saturated carbocycles. The summed E-state index contributed by atoms with van der Waals surface area (Å²) in [5.41, 5.74) is 1.25. The molecule has 37 heavy (non-hydrogen) atoms. The van der Waals surface area contributed by atoms with Gasteiger partial charge in [-0.2, -0.15) is 0 Å². The Balaban J connectivity index is 1.60. The van der Waals surface area contributed by atoms with E-state index in [1.807, 2.05) is 4.90 Å². The van der Waals surface area contributed by atoms with E-state index in [0.717, 1.165) is 0 Å². The summed E-state index contributed by atoms with van der Waals surface area (Å²) < 4.78 is 19.5. The zero-order valence-electron chi connectivity index (χ0n) is 20.5. The fourth-order valence-electron chi connectivity index (χ4n) is 4.50. The lowest BCUT2D eigenvalue weighted by Crippen LogP contribution is -2.53. The molecule has 1 N–H and O–H groups in total. The number of nitrogens with one attached hydrogen (secondary N) is 1. The Labute approximate surface area is 224 Å². The van der Waals surface area contributed by atoms with Gasteiger partial charge < -0.3 is 15.0 Å². The van der Waals surface area contributed by atoms with Crippen LogP contribution in [0.25, 0.3) is 0 Å². The number of piperazine rings is 1. The van der Waals surface area contributed by atoms with E-state index >= 15 is 0 Å². The number of rotatable bonds is 6. The van der Waals surface area contributed by atoms with Gasteiger partial charge in [-0.15, -0.1) is 0 Å². The van der Waals surface area contributed by atoms with Crippen molar-refractivity contribution in [2.24, 2.45) is 0 Å². The largest absolute Gasteiger partial charge is 0.463 e. The maximum atomic E-state index is 14.1. The molecule has 8 nitrogen and oxygen atoms in total. The number of amides is 3. The van der Waals surface area contributed by atoms with Gasteiger partial charge in [0, 0.05) is 45.5 Å². The van der Waals surface area contributed by atoms with E-state index in [1.54, 1.807) is 49.2 Å². The van der Waals surface area contributed by atoms with Crippen LogP contribution in [0.2, 0.25) is 10.0 Å². The van der Waals surface area contributed by atoms with E-state index in [9.17, 15) is 18.8 Å². The zero-order chi connectivity index (χ0) is 26.7. The molecule has 1 atom stereocenters. The van der Waals surface area contributed by atoms with E-state index in [4.69, 9.17) is 27.9 Å². The summed E-state index contributed by atoms with van der Waals surface area (Å²) >= 11 is 12.7. The minimum absolute atomic E-state index is 0.0354. The van der Waals surface area contributed by atoms with Crippen LogP contribution < -0.4 is 5.32 Å². The van der Waals surface area contributed by atoms with E-state index in [2.05, 4.69) is 5.32 Å². The monoisotopic (exact) mass is 548 g/mol. The van der Waals surface area contributed by atoms with E-state index in [1.165, 1.54) is 17.0 Å². The summed E-state index contributed by atoms with van der Waals surface area (Å²) in [6, 6.07) is 9.67. The van der Waals surface area contributed by atoms with E-state index in [0.29, 0.717) is 42.5 Å². The fraction of sp³-hybridized carbons (Fsp3) is 0.346. The first-order chi connectivity index (χ1) is 17.7. The third kappa shape index (κ3) is 5.58. The van der Waals surface area contributed by atoms with Crippen LogP contribution in [0.1, 0.15) is 28.9 Å². The predicted octanol–water partition coefficient (Wildman–Crippen LogP) is 4.10. The maximum absolute atomic E-state index is 14.1. The smallest absolute Gasteiger partial charge is 0.338 e. The van der Waals surface area contributed by atoms with Crippen LogP contribution in [0.4, 0.5) is 9.18 Å². The number of halogens is 3. The predicted molar refractivity (Wildman–Crippen MR) is 138 cm³/mol. The number of carbonyl (C=O) groups is 3. The number of hydrogen-bond acceptors (Lipinski definition) is 5. The van der Waals surface area contributed by atoms with E-state index < -0.39 is 23.9 Å². The van der Waals surface area contributed by atoms with Crippen molar-refractivity contribution in [3.05, 3.63) is 80.7 Å². The average Bonchev–Trinajstić information content (AvgIpc) is 2.88. The molecule has 1 saturated heterocycles. The van der Waals surface area contributed by atoms with Crippen LogP contribution >= 0.6 is 23.2 Å². The Morgan fingerprint density at radius 3 is 2.46 bits per heavy atom. The number of ether oxygens (including phenoxy) is 1. The van der Waals surface area contributed by atoms with Crippen LogP contribution in [0.3, 0.4) is 0 Å². The van der Waals surface area contributed by atoms with Crippen molar-refractivity contribution in [2.45, 2.75) is 13.0 Å². The zero-order valence-corrected chi connectivity index (χ0v) is 22.0. The molecule has 0 radical (unpaired) electrons. The molecular weight excluding hydrogens is 522 g/mol. The quantitative estimate of drug-likeness (QED) is 0.549. The Morgan fingerprint density at radius 1 is 1.08 bits per heavy atom. The molecule has 2 aromatic rings. The second-order valence-electron chi connectivity index (χ2n) is 8.71. The molecule has 0 spiro atoms. The highest BCUT2D eigenvalue weighted by atomic mass is 35.5. The number of benzene rings is 2. The minimum Gasteiger partial charge on any atom is -0.463 e. The van der Waals surface area contributed by atoms with Crippen LogP contribution in [0.15, 0.2) is 53.7 Å². The lowest BCUT2D eigenvalue weighted by Gasteiger charge is -2.39. The molecule has 1 fully saturated rings. The highest BCUT2D eigenvalue weighted by Gasteiger charge is 2.39. The number of hydrogen-bond donors (Lipinski definition) is 1. The van der Waals surface area contributed by atoms with Crippen molar-refractivity contribution in [3.8, 4) is 0 Å². The molecule has 11 heteroatoms. The first kappa shape index (κ1) is 26.9. The molecule has 2 aromatic carbocycles. The summed E-state index contributed by atoms with van der Waals surface area (Å²) in [5.74, 6) is -1.49. The number of urea groups is 1. The molecule has 0 unspecified atom stereocenters. The van der Waals surface area contributed by atoms with Crippen LogP contribution in [0, 0.1) is 5.82 Å². The molecule has 0 aromatic heterocycles. The molecular formula is C26H27Cl2FN4O4. The lowest BCUT2D eigenvalue weighted by atomic mass is 9.94. The Kier molecular flexibility index (Phi) is 8.36. The second kappa shape index (κ2) is 11.5. The summed E-state index contributed by atoms with van der Waals surface area (Å²) in [5, 5.41) is 3.37. The number of carbonyl (C=O) groups excluding carboxylic acids is 3. The van der Waals surface area contributed by atoms with Crippen molar-refractivity contribution >= 4 is 41.1 Å². The van der Waals surface area contributed by atoms with Gasteiger partial charge in [-0.3, -0.25) is 14.6 Å². The molecule has 3 amide bonds. The van der Waals surface area contributed by atoms with Gasteiger partial charge in [0.1, 0.15) is 5.82 Å². The van der Waals surface area contributed by atoms with Crippen LogP contribution in [0.5, 0.6) is 0 Å². The molecule has 4 rings (SSSR count). The topological polar surface area (TPSA) is 82.2 Å². The first-order valence-corrected chi connectivity index (χ1v) is 12.6. The molecule has 2 aliphatic heterocycles. The Hall–Kier alpha value is -3.14. The highest BCUT2D eigenvalue weighted by Crippen LogP contribution is 2.37. The van der Waals surface area contributed by atoms with Crippen molar-refractivity contribution in [1.82, 2.24) is 20.0 Å². The maximum Gasteiger partial charge on any atom is 0.338 e. The van der Waals surface area contributed by atoms with Crippen LogP contribution in [-0.2, 0) is 9.53 Å². The number of likely N-dealkylation sites (N-methyl/N-ethyl adjacent to an activating group) is 1. The van der Waals surface area contributed by atoms with Crippen LogP contribution in [-0.4, -0.2) is 79.0 Å². The van der Waals surface area contributed by atoms with E-state index in [-0.39, 0.29) is 35.2 Å².